The Labute approximate surface area is 243 Å². The number of unbranched alkanes of at least 4 members (excludes halogenated alkanes) is 2. The minimum absolute atomic E-state index is 0.0185. The van der Waals surface area contributed by atoms with E-state index >= 15 is 0 Å². The van der Waals surface area contributed by atoms with Gasteiger partial charge < -0.3 is 19.8 Å². The van der Waals surface area contributed by atoms with E-state index in [1.807, 2.05) is 43.9 Å². The molecule has 3 aliphatic heterocycles. The fourth-order valence-corrected chi connectivity index (χ4v) is 9.25. The summed E-state index contributed by atoms with van der Waals surface area (Å²) >= 11 is 1.72. The highest BCUT2D eigenvalue weighted by molar-refractivity contribution is 8.02. The summed E-state index contributed by atoms with van der Waals surface area (Å²) in [6.45, 7) is 15.8. The van der Waals surface area contributed by atoms with Crippen molar-refractivity contribution >= 4 is 35.2 Å². The van der Waals surface area contributed by atoms with Crippen LogP contribution in [-0.4, -0.2) is 81.5 Å². The first kappa shape index (κ1) is 30.4. The smallest absolute Gasteiger partial charge is 0.251 e. The van der Waals surface area contributed by atoms with Crippen LogP contribution in [0.15, 0.2) is 43.5 Å². The van der Waals surface area contributed by atoms with Crippen molar-refractivity contribution in [2.75, 3.05) is 37.7 Å². The maximum absolute atomic E-state index is 14.7. The van der Waals surface area contributed by atoms with Gasteiger partial charge in [-0.3, -0.25) is 14.4 Å². The van der Waals surface area contributed by atoms with Gasteiger partial charge in [-0.1, -0.05) is 31.2 Å². The molecule has 3 saturated heterocycles. The Hall–Kier alpha value is -2.58. The lowest BCUT2D eigenvalue weighted by Crippen LogP contribution is -2.55. The minimum atomic E-state index is -0.647. The number of carbonyl (C=O) groups excluding carboxylic acids is 3. The van der Waals surface area contributed by atoms with Gasteiger partial charge in [-0.05, 0) is 69.6 Å². The van der Waals surface area contributed by atoms with E-state index in [2.05, 4.69) is 13.2 Å². The summed E-state index contributed by atoms with van der Waals surface area (Å²) in [4.78, 5) is 48.4. The number of hydrogen-bond acceptors (Lipinski definition) is 5. The van der Waals surface area contributed by atoms with Crippen LogP contribution in [0.1, 0.15) is 56.6 Å². The first-order chi connectivity index (χ1) is 19.2. The lowest BCUT2D eigenvalue weighted by atomic mass is 9.70. The molecule has 40 heavy (non-hydrogen) atoms. The largest absolute Gasteiger partial charge is 0.396 e. The molecule has 4 rings (SSSR count). The molecule has 1 aromatic rings. The highest BCUT2D eigenvalue weighted by Crippen LogP contribution is 2.66. The van der Waals surface area contributed by atoms with E-state index in [0.717, 1.165) is 42.5 Å². The molecular weight excluding hydrogens is 522 g/mol. The number of benzene rings is 1. The third-order valence-electron chi connectivity index (χ3n) is 8.76. The van der Waals surface area contributed by atoms with Gasteiger partial charge in [-0.15, -0.1) is 24.9 Å². The van der Waals surface area contributed by atoms with Crippen molar-refractivity contribution in [3.8, 4) is 0 Å². The van der Waals surface area contributed by atoms with Gasteiger partial charge in [0.2, 0.25) is 11.8 Å². The van der Waals surface area contributed by atoms with Crippen molar-refractivity contribution in [1.29, 1.82) is 0 Å². The average Bonchev–Trinajstić information content (AvgIpc) is 3.58. The third kappa shape index (κ3) is 5.37. The van der Waals surface area contributed by atoms with E-state index in [1.165, 1.54) is 0 Å². The molecule has 1 aromatic carbocycles. The van der Waals surface area contributed by atoms with E-state index in [0.29, 0.717) is 39.0 Å². The quantitative estimate of drug-likeness (QED) is 0.265. The first-order valence-corrected chi connectivity index (χ1v) is 15.6. The predicted molar refractivity (Wildman–Crippen MR) is 162 cm³/mol. The number of fused-ring (bicyclic) bond motifs is 1. The number of rotatable bonds is 14. The molecule has 7 nitrogen and oxygen atoms in total. The van der Waals surface area contributed by atoms with Crippen molar-refractivity contribution in [2.45, 2.75) is 75.3 Å². The summed E-state index contributed by atoms with van der Waals surface area (Å²) in [5, 5.41) is 9.34. The molecule has 8 heteroatoms. The van der Waals surface area contributed by atoms with Crippen LogP contribution in [0.2, 0.25) is 0 Å². The SMILES string of the molecule is C=CCN(CCC)C(=O)[C@@H]1[C@@H]2CCC3(S2)C(C(=O)N(CC=C)c2cc(C)ccc2C)N(CCCCCO)C(=O)[C@H]13. The van der Waals surface area contributed by atoms with E-state index in [-0.39, 0.29) is 29.6 Å². The number of aliphatic hydroxyl groups excluding tert-OH is 1. The lowest BCUT2D eigenvalue weighted by molar-refractivity contribution is -0.143. The maximum atomic E-state index is 14.7. The molecule has 1 spiro atoms. The van der Waals surface area contributed by atoms with Gasteiger partial charge in [0.05, 0.1) is 16.6 Å². The maximum Gasteiger partial charge on any atom is 0.251 e. The Bertz CT molecular complexity index is 1140. The topological polar surface area (TPSA) is 81.2 Å². The molecule has 3 heterocycles. The van der Waals surface area contributed by atoms with Gasteiger partial charge in [0, 0.05) is 43.7 Å². The molecule has 0 saturated carbocycles. The first-order valence-electron chi connectivity index (χ1n) is 14.7. The second kappa shape index (κ2) is 12.9. The van der Waals surface area contributed by atoms with E-state index < -0.39 is 22.6 Å². The Balaban J connectivity index is 1.76. The minimum Gasteiger partial charge on any atom is -0.396 e. The van der Waals surface area contributed by atoms with Gasteiger partial charge in [-0.2, -0.15) is 0 Å². The summed E-state index contributed by atoms with van der Waals surface area (Å²) in [5.41, 5.74) is 2.88. The number of amides is 3. The Morgan fingerprint density at radius 2 is 1.90 bits per heavy atom. The lowest BCUT2D eigenvalue weighted by Gasteiger charge is -2.38. The number of carbonyl (C=O) groups is 3. The van der Waals surface area contributed by atoms with Crippen molar-refractivity contribution < 1.29 is 19.5 Å². The van der Waals surface area contributed by atoms with Crippen LogP contribution in [0.25, 0.3) is 0 Å². The van der Waals surface area contributed by atoms with E-state index in [4.69, 9.17) is 0 Å². The molecule has 0 aliphatic carbocycles. The number of anilines is 1. The zero-order chi connectivity index (χ0) is 29.0. The van der Waals surface area contributed by atoms with Gasteiger partial charge in [0.15, 0.2) is 0 Å². The summed E-state index contributed by atoms with van der Waals surface area (Å²) < 4.78 is -0.626. The van der Waals surface area contributed by atoms with Crippen molar-refractivity contribution in [1.82, 2.24) is 9.80 Å². The van der Waals surface area contributed by atoms with Crippen molar-refractivity contribution in [2.24, 2.45) is 11.8 Å². The van der Waals surface area contributed by atoms with Crippen LogP contribution in [0.5, 0.6) is 0 Å². The summed E-state index contributed by atoms with van der Waals surface area (Å²) in [7, 11) is 0. The number of likely N-dealkylation sites (tertiary alicyclic amines) is 1. The normalized spacial score (nSPS) is 26.6. The summed E-state index contributed by atoms with van der Waals surface area (Å²) in [6, 6.07) is 5.43. The molecule has 3 amide bonds. The number of aryl methyl sites for hydroxylation is 2. The third-order valence-corrected chi connectivity index (χ3v) is 10.7. The second-order valence-corrected chi connectivity index (χ2v) is 13.1. The zero-order valence-electron chi connectivity index (χ0n) is 24.3. The van der Waals surface area contributed by atoms with Crippen LogP contribution in [0.3, 0.4) is 0 Å². The van der Waals surface area contributed by atoms with Gasteiger partial charge in [-0.25, -0.2) is 0 Å². The highest BCUT2D eigenvalue weighted by Gasteiger charge is 2.74. The predicted octanol–water partition coefficient (Wildman–Crippen LogP) is 4.50. The van der Waals surface area contributed by atoms with Crippen LogP contribution in [-0.2, 0) is 14.4 Å². The number of hydrogen-bond donors (Lipinski definition) is 1. The molecule has 3 aliphatic rings. The molecule has 2 bridgehead atoms. The Kier molecular flexibility index (Phi) is 9.83. The fraction of sp³-hybridized carbons (Fsp3) is 0.594. The van der Waals surface area contributed by atoms with Crippen LogP contribution >= 0.6 is 11.8 Å². The molecule has 1 N–H and O–H groups in total. The van der Waals surface area contributed by atoms with Gasteiger partial charge in [0.1, 0.15) is 6.04 Å². The Morgan fingerprint density at radius 3 is 2.58 bits per heavy atom. The molecule has 5 atom stereocenters. The molecule has 0 radical (unpaired) electrons. The number of nitrogens with zero attached hydrogens (tertiary/aromatic N) is 3. The monoisotopic (exact) mass is 567 g/mol. The average molecular weight is 568 g/mol. The standard InChI is InChI=1S/C32H45N3O4S/c1-6-16-33(17-7-2)29(37)26-25-14-15-32(40-25)27(26)30(38)35(19-10-9-11-20-36)28(32)31(39)34(18-8-3)24-21-22(4)12-13-23(24)5/h6,8,12-13,21,25-28,36H,1,3,7,9-11,14-20H2,2,4-5H3/t25-,26+,27-,28?,32?/m0/s1. The van der Waals surface area contributed by atoms with E-state index in [9.17, 15) is 19.5 Å². The molecule has 218 valence electrons. The van der Waals surface area contributed by atoms with Crippen LogP contribution in [0, 0.1) is 25.7 Å². The van der Waals surface area contributed by atoms with Crippen LogP contribution < -0.4 is 4.90 Å². The van der Waals surface area contributed by atoms with Crippen LogP contribution in [0.4, 0.5) is 5.69 Å². The zero-order valence-corrected chi connectivity index (χ0v) is 25.1. The second-order valence-electron chi connectivity index (χ2n) is 11.5. The Morgan fingerprint density at radius 1 is 1.15 bits per heavy atom. The fourth-order valence-electron chi connectivity index (χ4n) is 7.05. The van der Waals surface area contributed by atoms with Gasteiger partial charge >= 0.3 is 0 Å². The molecule has 3 fully saturated rings. The molecule has 2 unspecified atom stereocenters. The number of thioether (sulfide) groups is 1. The van der Waals surface area contributed by atoms with Crippen molar-refractivity contribution in [3.05, 3.63) is 54.6 Å². The molecular formula is C32H45N3O4S. The van der Waals surface area contributed by atoms with Gasteiger partial charge in [0.25, 0.3) is 5.91 Å². The van der Waals surface area contributed by atoms with E-state index in [1.54, 1.807) is 33.7 Å². The molecule has 0 aromatic heterocycles. The summed E-state index contributed by atoms with van der Waals surface area (Å²) in [5.74, 6) is -1.08. The summed E-state index contributed by atoms with van der Waals surface area (Å²) in [6.07, 6.45) is 8.02. The highest BCUT2D eigenvalue weighted by atomic mass is 32.2. The number of aliphatic hydroxyl groups is 1. The van der Waals surface area contributed by atoms with Crippen molar-refractivity contribution in [3.63, 3.8) is 0 Å².